The summed E-state index contributed by atoms with van der Waals surface area (Å²) < 4.78 is 0. The number of aryl methyl sites for hydroxylation is 2. The van der Waals surface area contributed by atoms with Gasteiger partial charge in [0, 0.05) is 5.71 Å². The number of nitrogens with zero attached hydrogens (tertiary/aromatic N) is 1. The summed E-state index contributed by atoms with van der Waals surface area (Å²) in [5, 5.41) is 0. The Balaban J connectivity index is 3.06. The second-order valence-electron chi connectivity index (χ2n) is 3.52. The minimum Gasteiger partial charge on any atom is -0.258 e. The summed E-state index contributed by atoms with van der Waals surface area (Å²) in [7, 11) is 0. The Hall–Kier alpha value is -1.11. The minimum atomic E-state index is 1.07. The highest BCUT2D eigenvalue weighted by atomic mass is 14.7. The van der Waals surface area contributed by atoms with Crippen LogP contribution in [0.25, 0.3) is 0 Å². The lowest BCUT2D eigenvalue weighted by atomic mass is 10.1. The van der Waals surface area contributed by atoms with Crippen molar-refractivity contribution in [2.75, 3.05) is 0 Å². The van der Waals surface area contributed by atoms with Crippen molar-refractivity contribution in [1.29, 1.82) is 0 Å². The van der Waals surface area contributed by atoms with E-state index in [1.807, 2.05) is 13.8 Å². The maximum atomic E-state index is 4.43. The van der Waals surface area contributed by atoms with E-state index >= 15 is 0 Å². The van der Waals surface area contributed by atoms with E-state index < -0.39 is 0 Å². The average molecular weight is 175 g/mol. The minimum absolute atomic E-state index is 1.07. The van der Waals surface area contributed by atoms with Gasteiger partial charge in [-0.3, -0.25) is 4.99 Å². The first-order chi connectivity index (χ1) is 6.13. The largest absolute Gasteiger partial charge is 0.258 e. The number of hydrogen-bond acceptors (Lipinski definition) is 1. The van der Waals surface area contributed by atoms with E-state index in [-0.39, 0.29) is 0 Å². The van der Waals surface area contributed by atoms with Gasteiger partial charge in [0.25, 0.3) is 0 Å². The zero-order valence-electron chi connectivity index (χ0n) is 8.89. The van der Waals surface area contributed by atoms with Crippen molar-refractivity contribution in [2.45, 2.75) is 34.1 Å². The van der Waals surface area contributed by atoms with Crippen molar-refractivity contribution in [3.05, 3.63) is 29.3 Å². The molecule has 0 N–H and O–H groups in total. The van der Waals surface area contributed by atoms with E-state index in [1.165, 1.54) is 11.1 Å². The van der Waals surface area contributed by atoms with Crippen molar-refractivity contribution in [3.8, 4) is 0 Å². The molecular formula is C12H17N. The average Bonchev–Trinajstić information content (AvgIpc) is 2.07. The normalized spacial score (nSPS) is 9.85. The van der Waals surface area contributed by atoms with Gasteiger partial charge in [0.2, 0.25) is 0 Å². The van der Waals surface area contributed by atoms with E-state index in [0.717, 1.165) is 17.8 Å². The molecule has 0 fully saturated rings. The van der Waals surface area contributed by atoms with Gasteiger partial charge in [-0.1, -0.05) is 13.0 Å². The van der Waals surface area contributed by atoms with Gasteiger partial charge in [-0.25, -0.2) is 0 Å². The molecule has 1 nitrogen and oxygen atoms in total. The highest BCUT2D eigenvalue weighted by Gasteiger charge is 1.96. The monoisotopic (exact) mass is 175 g/mol. The zero-order chi connectivity index (χ0) is 9.84. The second-order valence-corrected chi connectivity index (χ2v) is 3.52. The van der Waals surface area contributed by atoms with Crippen LogP contribution in [0.15, 0.2) is 23.2 Å². The molecule has 0 aromatic heterocycles. The van der Waals surface area contributed by atoms with Crippen LogP contribution in [0.1, 0.15) is 31.9 Å². The van der Waals surface area contributed by atoms with Crippen LogP contribution in [0.2, 0.25) is 0 Å². The van der Waals surface area contributed by atoms with Gasteiger partial charge in [-0.15, -0.1) is 0 Å². The third kappa shape index (κ3) is 2.69. The molecular weight excluding hydrogens is 158 g/mol. The molecule has 0 spiro atoms. The van der Waals surface area contributed by atoms with Crippen molar-refractivity contribution < 1.29 is 0 Å². The Kier molecular flexibility index (Phi) is 3.24. The van der Waals surface area contributed by atoms with Gasteiger partial charge in [0.15, 0.2) is 0 Å². The first-order valence-electron chi connectivity index (χ1n) is 4.75. The van der Waals surface area contributed by atoms with Gasteiger partial charge >= 0.3 is 0 Å². The van der Waals surface area contributed by atoms with Crippen LogP contribution in [0.5, 0.6) is 0 Å². The van der Waals surface area contributed by atoms with Gasteiger partial charge in [-0.05, 0) is 50.5 Å². The highest BCUT2D eigenvalue weighted by molar-refractivity contribution is 5.82. The molecule has 1 aromatic rings. The Morgan fingerprint density at radius 3 is 2.54 bits per heavy atom. The molecule has 13 heavy (non-hydrogen) atoms. The van der Waals surface area contributed by atoms with Crippen molar-refractivity contribution in [3.63, 3.8) is 0 Å². The van der Waals surface area contributed by atoms with Crippen LogP contribution >= 0.6 is 0 Å². The molecule has 0 amide bonds. The molecule has 1 rings (SSSR count). The number of aliphatic imine (C=N–C) groups is 1. The highest BCUT2D eigenvalue weighted by Crippen LogP contribution is 2.18. The maximum absolute atomic E-state index is 4.43. The summed E-state index contributed by atoms with van der Waals surface area (Å²) in [5.41, 5.74) is 4.92. The molecule has 1 heteroatoms. The predicted octanol–water partition coefficient (Wildman–Crippen LogP) is 3.67. The Labute approximate surface area is 80.5 Å². The Morgan fingerprint density at radius 1 is 1.31 bits per heavy atom. The van der Waals surface area contributed by atoms with E-state index in [2.05, 4.69) is 37.0 Å². The van der Waals surface area contributed by atoms with Crippen LogP contribution in [0.4, 0.5) is 5.69 Å². The number of hydrogen-bond donors (Lipinski definition) is 0. The quantitative estimate of drug-likeness (QED) is 0.608. The van der Waals surface area contributed by atoms with Crippen LogP contribution in [0.3, 0.4) is 0 Å². The third-order valence-corrected chi connectivity index (χ3v) is 2.07. The first-order valence-corrected chi connectivity index (χ1v) is 4.75. The van der Waals surface area contributed by atoms with E-state index in [4.69, 9.17) is 0 Å². The standard InChI is InChI=1S/C12H17N/c1-5-11-8-12(13-9(2)3)7-6-10(11)4/h6-8H,5H2,1-4H3. The van der Waals surface area contributed by atoms with E-state index in [9.17, 15) is 0 Å². The zero-order valence-corrected chi connectivity index (χ0v) is 8.89. The molecule has 0 atom stereocenters. The first kappa shape index (κ1) is 9.97. The fraction of sp³-hybridized carbons (Fsp3) is 0.417. The molecule has 0 bridgehead atoms. The fourth-order valence-corrected chi connectivity index (χ4v) is 1.37. The van der Waals surface area contributed by atoms with Gasteiger partial charge in [0.1, 0.15) is 0 Å². The smallest absolute Gasteiger partial charge is 0.0631 e. The van der Waals surface area contributed by atoms with Crippen molar-refractivity contribution in [1.82, 2.24) is 0 Å². The Bertz CT molecular complexity index is 320. The predicted molar refractivity (Wildman–Crippen MR) is 59.0 cm³/mol. The SMILES string of the molecule is CCc1cc(N=C(C)C)ccc1C. The topological polar surface area (TPSA) is 12.4 Å². The summed E-state index contributed by atoms with van der Waals surface area (Å²) in [6.07, 6.45) is 1.08. The van der Waals surface area contributed by atoms with Gasteiger partial charge < -0.3 is 0 Å². The lowest BCUT2D eigenvalue weighted by Gasteiger charge is -2.03. The summed E-state index contributed by atoms with van der Waals surface area (Å²) in [4.78, 5) is 4.43. The molecule has 0 aliphatic rings. The number of rotatable bonds is 2. The van der Waals surface area contributed by atoms with Gasteiger partial charge in [-0.2, -0.15) is 0 Å². The molecule has 0 saturated heterocycles. The summed E-state index contributed by atoms with van der Waals surface area (Å²) >= 11 is 0. The summed E-state index contributed by atoms with van der Waals surface area (Å²) in [5.74, 6) is 0. The van der Waals surface area contributed by atoms with Gasteiger partial charge in [0.05, 0.1) is 5.69 Å². The van der Waals surface area contributed by atoms with E-state index in [1.54, 1.807) is 0 Å². The molecule has 0 aliphatic heterocycles. The second kappa shape index (κ2) is 4.22. The number of benzene rings is 1. The molecule has 70 valence electrons. The van der Waals surface area contributed by atoms with Crippen LogP contribution in [-0.2, 0) is 6.42 Å². The van der Waals surface area contributed by atoms with E-state index in [0.29, 0.717) is 0 Å². The maximum Gasteiger partial charge on any atom is 0.0631 e. The fourth-order valence-electron chi connectivity index (χ4n) is 1.37. The van der Waals surface area contributed by atoms with Crippen molar-refractivity contribution in [2.24, 2.45) is 4.99 Å². The lowest BCUT2D eigenvalue weighted by molar-refractivity contribution is 1.11. The van der Waals surface area contributed by atoms with Crippen LogP contribution in [-0.4, -0.2) is 5.71 Å². The third-order valence-electron chi connectivity index (χ3n) is 2.07. The lowest BCUT2D eigenvalue weighted by Crippen LogP contribution is -1.86. The molecule has 0 saturated carbocycles. The molecule has 0 radical (unpaired) electrons. The molecule has 0 aliphatic carbocycles. The molecule has 1 aromatic carbocycles. The summed E-state index contributed by atoms with van der Waals surface area (Å²) in [6, 6.07) is 6.38. The van der Waals surface area contributed by atoms with Crippen molar-refractivity contribution >= 4 is 11.4 Å². The molecule has 0 heterocycles. The van der Waals surface area contributed by atoms with Crippen LogP contribution < -0.4 is 0 Å². The summed E-state index contributed by atoms with van der Waals surface area (Å²) in [6.45, 7) is 8.36. The molecule has 0 unspecified atom stereocenters. The van der Waals surface area contributed by atoms with Crippen LogP contribution in [0, 0.1) is 6.92 Å². The Morgan fingerprint density at radius 2 is 2.00 bits per heavy atom.